The summed E-state index contributed by atoms with van der Waals surface area (Å²) < 4.78 is 4.60. The molecule has 0 unspecified atom stereocenters. The number of fused-ring (bicyclic) bond motifs is 1. The second-order valence-electron chi connectivity index (χ2n) is 4.34. The van der Waals surface area contributed by atoms with E-state index in [-0.39, 0.29) is 0 Å². The van der Waals surface area contributed by atoms with Crippen LogP contribution in [0.4, 0.5) is 5.69 Å². The molecule has 3 rings (SSSR count). The Bertz CT molecular complexity index is 729. The molecular weight excluding hydrogens is 308 g/mol. The van der Waals surface area contributed by atoms with Crippen molar-refractivity contribution in [3.8, 4) is 0 Å². The number of halogens is 1. The van der Waals surface area contributed by atoms with Crippen molar-refractivity contribution in [3.63, 3.8) is 0 Å². The Hall–Kier alpha value is -1.89. The smallest absolute Gasteiger partial charge is 0.155 e. The van der Waals surface area contributed by atoms with Crippen molar-refractivity contribution in [3.05, 3.63) is 40.8 Å². The number of rotatable bonds is 3. The number of aryl methyl sites for hydroxylation is 2. The van der Waals surface area contributed by atoms with Crippen molar-refractivity contribution in [1.29, 1.82) is 0 Å². The lowest BCUT2D eigenvalue weighted by Crippen LogP contribution is -2.03. The predicted octanol–water partition coefficient (Wildman–Crippen LogP) is 2.15. The molecule has 0 saturated heterocycles. The number of anilines is 1. The zero-order valence-electron chi connectivity index (χ0n) is 10.6. The molecule has 0 aliphatic rings. The lowest BCUT2D eigenvalue weighted by atomic mass is 10.4. The molecule has 0 aromatic carbocycles. The maximum Gasteiger partial charge on any atom is 0.155 e. The van der Waals surface area contributed by atoms with Gasteiger partial charge in [0.1, 0.15) is 4.60 Å². The summed E-state index contributed by atoms with van der Waals surface area (Å²) in [6.45, 7) is 2.67. The zero-order chi connectivity index (χ0) is 13.4. The maximum absolute atomic E-state index is 4.32. The Morgan fingerprint density at radius 3 is 2.84 bits per heavy atom. The second kappa shape index (κ2) is 4.65. The Morgan fingerprint density at radius 2 is 2.11 bits per heavy atom. The molecule has 3 heterocycles. The van der Waals surface area contributed by atoms with Gasteiger partial charge >= 0.3 is 0 Å². The molecule has 0 saturated carbocycles. The SMILES string of the molecule is Cc1nn(C)cc1NCc1cnc2cnc(Br)cn12. The molecule has 0 amide bonds. The third-order valence-corrected chi connectivity index (χ3v) is 3.32. The van der Waals surface area contributed by atoms with Gasteiger partial charge < -0.3 is 5.32 Å². The van der Waals surface area contributed by atoms with Crippen LogP contribution in [0.2, 0.25) is 0 Å². The number of nitrogens with zero attached hydrogens (tertiary/aromatic N) is 5. The zero-order valence-corrected chi connectivity index (χ0v) is 12.2. The van der Waals surface area contributed by atoms with E-state index in [1.165, 1.54) is 0 Å². The van der Waals surface area contributed by atoms with E-state index in [1.54, 1.807) is 10.9 Å². The number of hydrogen-bond acceptors (Lipinski definition) is 4. The van der Waals surface area contributed by atoms with Gasteiger partial charge in [0.25, 0.3) is 0 Å². The second-order valence-corrected chi connectivity index (χ2v) is 5.16. The summed E-state index contributed by atoms with van der Waals surface area (Å²) in [6, 6.07) is 0. The van der Waals surface area contributed by atoms with Gasteiger partial charge in [0.05, 0.1) is 36.0 Å². The third kappa shape index (κ3) is 2.33. The number of imidazole rings is 1. The molecule has 6 nitrogen and oxygen atoms in total. The van der Waals surface area contributed by atoms with Gasteiger partial charge in [-0.05, 0) is 22.9 Å². The van der Waals surface area contributed by atoms with Crippen LogP contribution in [-0.2, 0) is 13.6 Å². The van der Waals surface area contributed by atoms with Crippen molar-refractivity contribution in [2.45, 2.75) is 13.5 Å². The standard InChI is InChI=1S/C12H13BrN6/c1-8-10(6-18(2)17-8)14-3-9-4-16-12-5-15-11(13)7-19(9)12/h4-7,14H,3H2,1-2H3. The molecule has 0 fully saturated rings. The van der Waals surface area contributed by atoms with Crippen LogP contribution < -0.4 is 5.32 Å². The normalized spacial score (nSPS) is 11.1. The summed E-state index contributed by atoms with van der Waals surface area (Å²) in [5.41, 5.74) is 3.93. The lowest BCUT2D eigenvalue weighted by Gasteiger charge is -2.04. The maximum atomic E-state index is 4.32. The monoisotopic (exact) mass is 320 g/mol. The van der Waals surface area contributed by atoms with E-state index in [9.17, 15) is 0 Å². The van der Waals surface area contributed by atoms with Crippen LogP contribution in [0.5, 0.6) is 0 Å². The van der Waals surface area contributed by atoms with Crippen LogP contribution in [-0.4, -0.2) is 24.1 Å². The molecule has 0 aliphatic carbocycles. The van der Waals surface area contributed by atoms with Gasteiger partial charge in [-0.3, -0.25) is 9.08 Å². The van der Waals surface area contributed by atoms with Crippen LogP contribution >= 0.6 is 15.9 Å². The molecule has 1 N–H and O–H groups in total. The number of hydrogen-bond donors (Lipinski definition) is 1. The van der Waals surface area contributed by atoms with Crippen molar-refractivity contribution in [1.82, 2.24) is 24.1 Å². The first-order chi connectivity index (χ1) is 9.13. The Balaban J connectivity index is 1.85. The Morgan fingerprint density at radius 1 is 1.26 bits per heavy atom. The largest absolute Gasteiger partial charge is 0.377 e. The Labute approximate surface area is 118 Å². The molecule has 98 valence electrons. The molecular formula is C12H13BrN6. The molecule has 19 heavy (non-hydrogen) atoms. The molecule has 7 heteroatoms. The summed E-state index contributed by atoms with van der Waals surface area (Å²) in [4.78, 5) is 8.47. The van der Waals surface area contributed by atoms with E-state index in [4.69, 9.17) is 0 Å². The topological polar surface area (TPSA) is 60.0 Å². The van der Waals surface area contributed by atoms with Gasteiger partial charge in [0, 0.05) is 19.4 Å². The fourth-order valence-corrected chi connectivity index (χ4v) is 2.31. The fourth-order valence-electron chi connectivity index (χ4n) is 2.01. The average Bonchev–Trinajstić information content (AvgIpc) is 2.90. The number of nitrogens with one attached hydrogen (secondary N) is 1. The minimum absolute atomic E-state index is 0.685. The molecule has 0 aliphatic heterocycles. The van der Waals surface area contributed by atoms with Crippen LogP contribution in [0, 0.1) is 6.92 Å². The summed E-state index contributed by atoms with van der Waals surface area (Å²) >= 11 is 3.37. The van der Waals surface area contributed by atoms with Crippen molar-refractivity contribution in [2.75, 3.05) is 5.32 Å². The molecule has 0 spiro atoms. The predicted molar refractivity (Wildman–Crippen MR) is 76.0 cm³/mol. The average molecular weight is 321 g/mol. The van der Waals surface area contributed by atoms with Crippen molar-refractivity contribution >= 4 is 27.3 Å². The highest BCUT2D eigenvalue weighted by atomic mass is 79.9. The van der Waals surface area contributed by atoms with Gasteiger partial charge in [-0.25, -0.2) is 9.97 Å². The van der Waals surface area contributed by atoms with E-state index < -0.39 is 0 Å². The summed E-state index contributed by atoms with van der Waals surface area (Å²) in [5.74, 6) is 0. The van der Waals surface area contributed by atoms with E-state index in [0.717, 1.165) is 27.3 Å². The first-order valence-electron chi connectivity index (χ1n) is 5.85. The molecule has 3 aromatic rings. The highest BCUT2D eigenvalue weighted by Gasteiger charge is 2.06. The van der Waals surface area contributed by atoms with Crippen LogP contribution in [0.15, 0.2) is 29.4 Å². The van der Waals surface area contributed by atoms with Gasteiger partial charge in [-0.2, -0.15) is 5.10 Å². The molecule has 3 aromatic heterocycles. The lowest BCUT2D eigenvalue weighted by molar-refractivity contribution is 0.756. The van der Waals surface area contributed by atoms with Crippen molar-refractivity contribution < 1.29 is 0 Å². The van der Waals surface area contributed by atoms with E-state index in [2.05, 4.69) is 36.3 Å². The highest BCUT2D eigenvalue weighted by molar-refractivity contribution is 9.10. The quantitative estimate of drug-likeness (QED) is 0.803. The minimum Gasteiger partial charge on any atom is -0.377 e. The first-order valence-corrected chi connectivity index (χ1v) is 6.64. The first kappa shape index (κ1) is 12.2. The molecule has 0 bridgehead atoms. The third-order valence-electron chi connectivity index (χ3n) is 2.91. The Kier molecular flexibility index (Phi) is 2.98. The summed E-state index contributed by atoms with van der Waals surface area (Å²) in [5, 5.41) is 7.67. The fraction of sp³-hybridized carbons (Fsp3) is 0.250. The summed E-state index contributed by atoms with van der Waals surface area (Å²) in [7, 11) is 1.91. The van der Waals surface area contributed by atoms with Gasteiger partial charge in [0.2, 0.25) is 0 Å². The highest BCUT2D eigenvalue weighted by Crippen LogP contribution is 2.15. The van der Waals surface area contributed by atoms with Crippen LogP contribution in [0.25, 0.3) is 5.65 Å². The summed E-state index contributed by atoms with van der Waals surface area (Å²) in [6.07, 6.45) is 7.47. The van der Waals surface area contributed by atoms with Crippen molar-refractivity contribution in [2.24, 2.45) is 7.05 Å². The molecule has 0 atom stereocenters. The molecule has 0 radical (unpaired) electrons. The van der Waals surface area contributed by atoms with Gasteiger partial charge in [-0.15, -0.1) is 0 Å². The van der Waals surface area contributed by atoms with Crippen LogP contribution in [0.3, 0.4) is 0 Å². The minimum atomic E-state index is 0.685. The van der Waals surface area contributed by atoms with E-state index in [1.807, 2.05) is 37.0 Å². The van der Waals surface area contributed by atoms with Crippen LogP contribution in [0.1, 0.15) is 11.4 Å². The van der Waals surface area contributed by atoms with E-state index >= 15 is 0 Å². The number of aromatic nitrogens is 5. The van der Waals surface area contributed by atoms with Gasteiger partial charge in [-0.1, -0.05) is 0 Å². The van der Waals surface area contributed by atoms with E-state index in [0.29, 0.717) is 6.54 Å². The van der Waals surface area contributed by atoms with Gasteiger partial charge in [0.15, 0.2) is 5.65 Å².